The Morgan fingerprint density at radius 2 is 1.95 bits per heavy atom. The van der Waals surface area contributed by atoms with E-state index in [1.807, 2.05) is 30.3 Å². The van der Waals surface area contributed by atoms with Gasteiger partial charge >= 0.3 is 0 Å². The fourth-order valence-electron chi connectivity index (χ4n) is 2.16. The van der Waals surface area contributed by atoms with Crippen molar-refractivity contribution in [2.45, 2.75) is 12.5 Å². The Bertz CT molecular complexity index is 691. The number of aromatic nitrogens is 2. The molecule has 0 amide bonds. The Morgan fingerprint density at radius 3 is 2.74 bits per heavy atom. The largest absolute Gasteiger partial charge is 0.342 e. The third kappa shape index (κ3) is 2.48. The molecule has 3 N–H and O–H groups in total. The van der Waals surface area contributed by atoms with E-state index in [9.17, 15) is 4.39 Å². The second kappa shape index (κ2) is 4.82. The molecule has 0 bridgehead atoms. The zero-order valence-corrected chi connectivity index (χ0v) is 10.3. The number of nitrogens with one attached hydrogen (secondary N) is 1. The molecule has 1 unspecified atom stereocenters. The second-order valence-corrected chi connectivity index (χ2v) is 4.57. The van der Waals surface area contributed by atoms with Crippen molar-refractivity contribution in [3.63, 3.8) is 0 Å². The zero-order valence-electron chi connectivity index (χ0n) is 10.3. The summed E-state index contributed by atoms with van der Waals surface area (Å²) in [7, 11) is 0. The summed E-state index contributed by atoms with van der Waals surface area (Å²) in [6.45, 7) is 0. The summed E-state index contributed by atoms with van der Waals surface area (Å²) in [6, 6.07) is 14.3. The van der Waals surface area contributed by atoms with E-state index in [2.05, 4.69) is 9.97 Å². The van der Waals surface area contributed by atoms with Gasteiger partial charge in [0.1, 0.15) is 11.6 Å². The van der Waals surface area contributed by atoms with Crippen molar-refractivity contribution in [2.75, 3.05) is 0 Å². The maximum absolute atomic E-state index is 13.1. The number of nitrogens with two attached hydrogens (primary N) is 1. The van der Waals surface area contributed by atoms with Gasteiger partial charge in [-0.25, -0.2) is 9.37 Å². The monoisotopic (exact) mass is 255 g/mol. The smallest absolute Gasteiger partial charge is 0.125 e. The maximum atomic E-state index is 13.1. The van der Waals surface area contributed by atoms with E-state index >= 15 is 0 Å². The van der Waals surface area contributed by atoms with Crippen LogP contribution in [0.1, 0.15) is 17.4 Å². The van der Waals surface area contributed by atoms with E-state index in [4.69, 9.17) is 5.73 Å². The van der Waals surface area contributed by atoms with E-state index in [-0.39, 0.29) is 11.9 Å². The first-order valence-corrected chi connectivity index (χ1v) is 6.17. The number of imidazole rings is 1. The highest BCUT2D eigenvalue weighted by Gasteiger charge is 2.10. The van der Waals surface area contributed by atoms with Gasteiger partial charge in [-0.3, -0.25) is 0 Å². The summed E-state index contributed by atoms with van der Waals surface area (Å²) >= 11 is 0. The lowest BCUT2D eigenvalue weighted by Gasteiger charge is -2.09. The third-order valence-electron chi connectivity index (χ3n) is 3.13. The number of H-pyrrole nitrogens is 1. The van der Waals surface area contributed by atoms with Crippen LogP contribution in [0.15, 0.2) is 48.5 Å². The predicted octanol–water partition coefficient (Wildman–Crippen LogP) is 2.94. The van der Waals surface area contributed by atoms with Crippen LogP contribution >= 0.6 is 0 Å². The lowest BCUT2D eigenvalue weighted by Crippen LogP contribution is -2.13. The van der Waals surface area contributed by atoms with Crippen molar-refractivity contribution in [1.82, 2.24) is 9.97 Å². The number of rotatable bonds is 3. The molecule has 1 aromatic heterocycles. The van der Waals surface area contributed by atoms with Gasteiger partial charge in [-0.05, 0) is 23.8 Å². The van der Waals surface area contributed by atoms with Crippen LogP contribution in [0.5, 0.6) is 0 Å². The molecule has 0 spiro atoms. The molecule has 1 atom stereocenters. The van der Waals surface area contributed by atoms with Crippen LogP contribution in [-0.2, 0) is 6.42 Å². The molecule has 2 aromatic carbocycles. The molecule has 3 rings (SSSR count). The molecule has 0 radical (unpaired) electrons. The van der Waals surface area contributed by atoms with E-state index in [1.54, 1.807) is 6.07 Å². The molecule has 0 aliphatic carbocycles. The topological polar surface area (TPSA) is 54.7 Å². The lowest BCUT2D eigenvalue weighted by atomic mass is 10.0. The Hall–Kier alpha value is -2.20. The zero-order chi connectivity index (χ0) is 13.2. The van der Waals surface area contributed by atoms with Crippen LogP contribution in [0.4, 0.5) is 4.39 Å². The van der Waals surface area contributed by atoms with Gasteiger partial charge < -0.3 is 10.7 Å². The molecule has 19 heavy (non-hydrogen) atoms. The first-order valence-electron chi connectivity index (χ1n) is 6.17. The minimum absolute atomic E-state index is 0.119. The normalized spacial score (nSPS) is 12.7. The molecule has 3 aromatic rings. The minimum Gasteiger partial charge on any atom is -0.342 e. The van der Waals surface area contributed by atoms with Gasteiger partial charge in [-0.15, -0.1) is 0 Å². The van der Waals surface area contributed by atoms with Gasteiger partial charge in [-0.1, -0.05) is 30.3 Å². The van der Waals surface area contributed by atoms with Crippen LogP contribution in [0.25, 0.3) is 11.0 Å². The predicted molar refractivity (Wildman–Crippen MR) is 73.1 cm³/mol. The number of aromatic amines is 1. The molecule has 96 valence electrons. The Morgan fingerprint density at radius 1 is 1.16 bits per heavy atom. The Kier molecular flexibility index (Phi) is 3.01. The standard InChI is InChI=1S/C15H14FN3/c16-11-6-7-13-14(8-11)19-15(18-13)9-12(17)10-4-2-1-3-5-10/h1-8,12H,9,17H2,(H,18,19). The Labute approximate surface area is 110 Å². The molecule has 0 aliphatic rings. The molecule has 0 saturated heterocycles. The number of nitrogens with zero attached hydrogens (tertiary/aromatic N) is 1. The quantitative estimate of drug-likeness (QED) is 0.756. The van der Waals surface area contributed by atoms with E-state index in [1.165, 1.54) is 12.1 Å². The van der Waals surface area contributed by atoms with Crippen LogP contribution in [0.2, 0.25) is 0 Å². The number of halogens is 1. The summed E-state index contributed by atoms with van der Waals surface area (Å²) in [4.78, 5) is 7.52. The molecule has 4 heteroatoms. The average Bonchev–Trinajstić information content (AvgIpc) is 2.81. The number of hydrogen-bond donors (Lipinski definition) is 2. The fourth-order valence-corrected chi connectivity index (χ4v) is 2.16. The van der Waals surface area contributed by atoms with Gasteiger partial charge in [0.25, 0.3) is 0 Å². The summed E-state index contributed by atoms with van der Waals surface area (Å²) in [5, 5.41) is 0. The van der Waals surface area contributed by atoms with Gasteiger partial charge in [0.05, 0.1) is 11.0 Å². The average molecular weight is 255 g/mol. The molecule has 0 fully saturated rings. The third-order valence-corrected chi connectivity index (χ3v) is 3.13. The van der Waals surface area contributed by atoms with E-state index in [0.29, 0.717) is 11.9 Å². The van der Waals surface area contributed by atoms with Crippen molar-refractivity contribution in [1.29, 1.82) is 0 Å². The summed E-state index contributed by atoms with van der Waals surface area (Å²) in [6.07, 6.45) is 0.598. The van der Waals surface area contributed by atoms with Crippen molar-refractivity contribution >= 4 is 11.0 Å². The molecule has 3 nitrogen and oxygen atoms in total. The highest BCUT2D eigenvalue weighted by atomic mass is 19.1. The van der Waals surface area contributed by atoms with Crippen molar-refractivity contribution in [2.24, 2.45) is 5.73 Å². The van der Waals surface area contributed by atoms with Gasteiger partial charge in [0.15, 0.2) is 0 Å². The highest BCUT2D eigenvalue weighted by molar-refractivity contribution is 5.74. The number of benzene rings is 2. The van der Waals surface area contributed by atoms with Gasteiger partial charge in [0.2, 0.25) is 0 Å². The van der Waals surface area contributed by atoms with Gasteiger partial charge in [0, 0.05) is 12.5 Å². The van der Waals surface area contributed by atoms with Crippen LogP contribution in [0, 0.1) is 5.82 Å². The maximum Gasteiger partial charge on any atom is 0.125 e. The first kappa shape index (κ1) is 11.9. The lowest BCUT2D eigenvalue weighted by molar-refractivity contribution is 0.629. The molecular weight excluding hydrogens is 241 g/mol. The van der Waals surface area contributed by atoms with Crippen LogP contribution in [-0.4, -0.2) is 9.97 Å². The summed E-state index contributed by atoms with van der Waals surface area (Å²) in [5.74, 6) is 0.506. The molecule has 0 saturated carbocycles. The fraction of sp³-hybridized carbons (Fsp3) is 0.133. The van der Waals surface area contributed by atoms with Crippen molar-refractivity contribution in [3.05, 3.63) is 65.7 Å². The van der Waals surface area contributed by atoms with Crippen molar-refractivity contribution < 1.29 is 4.39 Å². The number of fused-ring (bicyclic) bond motifs is 1. The van der Waals surface area contributed by atoms with Gasteiger partial charge in [-0.2, -0.15) is 0 Å². The van der Waals surface area contributed by atoms with Crippen LogP contribution < -0.4 is 5.73 Å². The molecule has 1 heterocycles. The summed E-state index contributed by atoms with van der Waals surface area (Å²) < 4.78 is 13.1. The number of hydrogen-bond acceptors (Lipinski definition) is 2. The SMILES string of the molecule is NC(Cc1nc2ccc(F)cc2[nH]1)c1ccccc1. The summed E-state index contributed by atoms with van der Waals surface area (Å²) in [5.41, 5.74) is 8.67. The minimum atomic E-state index is -0.268. The van der Waals surface area contributed by atoms with Crippen molar-refractivity contribution in [3.8, 4) is 0 Å². The first-order chi connectivity index (χ1) is 9.22. The molecule has 0 aliphatic heterocycles. The van der Waals surface area contributed by atoms with E-state index in [0.717, 1.165) is 16.9 Å². The highest BCUT2D eigenvalue weighted by Crippen LogP contribution is 2.17. The molecular formula is C15H14FN3. The Balaban J connectivity index is 1.85. The van der Waals surface area contributed by atoms with E-state index < -0.39 is 0 Å². The second-order valence-electron chi connectivity index (χ2n) is 4.57. The van der Waals surface area contributed by atoms with Crippen LogP contribution in [0.3, 0.4) is 0 Å².